The third-order valence-electron chi connectivity index (χ3n) is 3.09. The van der Waals surface area contributed by atoms with Crippen LogP contribution in [-0.2, 0) is 4.79 Å². The molecule has 1 unspecified atom stereocenters. The van der Waals surface area contributed by atoms with Gasteiger partial charge in [0.25, 0.3) is 0 Å². The summed E-state index contributed by atoms with van der Waals surface area (Å²) in [5.74, 6) is 0.459. The van der Waals surface area contributed by atoms with E-state index in [0.717, 1.165) is 19.4 Å². The first-order valence-electron chi connectivity index (χ1n) is 6.85. The molecule has 0 aliphatic carbocycles. The Labute approximate surface area is 109 Å². The summed E-state index contributed by atoms with van der Waals surface area (Å²) in [6.07, 6.45) is 1.77. The Morgan fingerprint density at radius 2 is 2.06 bits per heavy atom. The maximum absolute atomic E-state index is 11.9. The number of amides is 3. The number of hydrogen-bond acceptors (Lipinski definition) is 2. The molecular formula is C13H25N3O2. The quantitative estimate of drug-likeness (QED) is 0.793. The Morgan fingerprint density at radius 1 is 1.33 bits per heavy atom. The van der Waals surface area contributed by atoms with Crippen LogP contribution >= 0.6 is 0 Å². The van der Waals surface area contributed by atoms with Crippen molar-refractivity contribution < 1.29 is 9.59 Å². The van der Waals surface area contributed by atoms with Crippen LogP contribution in [0, 0.1) is 11.8 Å². The number of piperidine rings is 1. The summed E-state index contributed by atoms with van der Waals surface area (Å²) >= 11 is 0. The van der Waals surface area contributed by atoms with Crippen molar-refractivity contribution in [3.63, 3.8) is 0 Å². The minimum absolute atomic E-state index is 0.0438. The van der Waals surface area contributed by atoms with E-state index in [2.05, 4.69) is 24.5 Å². The van der Waals surface area contributed by atoms with Crippen LogP contribution in [0.2, 0.25) is 0 Å². The second-order valence-electron chi connectivity index (χ2n) is 5.26. The first-order chi connectivity index (χ1) is 8.54. The molecule has 0 saturated carbocycles. The minimum atomic E-state index is -0.0523. The van der Waals surface area contributed by atoms with Crippen LogP contribution in [0.4, 0.5) is 4.79 Å². The van der Waals surface area contributed by atoms with Crippen molar-refractivity contribution >= 4 is 11.9 Å². The average Bonchev–Trinajstić information content (AvgIpc) is 2.36. The summed E-state index contributed by atoms with van der Waals surface area (Å²) in [5.41, 5.74) is 0. The molecular weight excluding hydrogens is 230 g/mol. The summed E-state index contributed by atoms with van der Waals surface area (Å²) < 4.78 is 0. The Balaban J connectivity index is 2.42. The number of nitrogens with zero attached hydrogens (tertiary/aromatic N) is 1. The van der Waals surface area contributed by atoms with Crippen LogP contribution in [0.25, 0.3) is 0 Å². The molecule has 104 valence electrons. The highest BCUT2D eigenvalue weighted by atomic mass is 16.2. The van der Waals surface area contributed by atoms with Crippen LogP contribution < -0.4 is 10.6 Å². The molecule has 5 heteroatoms. The zero-order chi connectivity index (χ0) is 13.5. The largest absolute Gasteiger partial charge is 0.356 e. The Kier molecular flexibility index (Phi) is 5.95. The maximum Gasteiger partial charge on any atom is 0.317 e. The third kappa shape index (κ3) is 4.55. The normalized spacial score (nSPS) is 19.8. The van der Waals surface area contributed by atoms with Gasteiger partial charge in [-0.15, -0.1) is 0 Å². The molecule has 5 nitrogen and oxygen atoms in total. The molecule has 1 aliphatic rings. The maximum atomic E-state index is 11.9. The summed E-state index contributed by atoms with van der Waals surface area (Å²) in [7, 11) is 0. The molecule has 1 aliphatic heterocycles. The third-order valence-corrected chi connectivity index (χ3v) is 3.09. The monoisotopic (exact) mass is 255 g/mol. The summed E-state index contributed by atoms with van der Waals surface area (Å²) in [4.78, 5) is 25.4. The van der Waals surface area contributed by atoms with E-state index >= 15 is 0 Å². The van der Waals surface area contributed by atoms with Gasteiger partial charge in [-0.25, -0.2) is 4.79 Å². The van der Waals surface area contributed by atoms with Gasteiger partial charge in [-0.05, 0) is 25.7 Å². The van der Waals surface area contributed by atoms with E-state index in [4.69, 9.17) is 0 Å². The van der Waals surface area contributed by atoms with Gasteiger partial charge in [-0.3, -0.25) is 4.79 Å². The predicted molar refractivity (Wildman–Crippen MR) is 71.2 cm³/mol. The van der Waals surface area contributed by atoms with Crippen LogP contribution in [0.1, 0.15) is 33.6 Å². The lowest BCUT2D eigenvalue weighted by atomic mass is 9.97. The number of hydrogen-bond donors (Lipinski definition) is 2. The summed E-state index contributed by atoms with van der Waals surface area (Å²) in [6, 6.07) is -0.0438. The molecule has 18 heavy (non-hydrogen) atoms. The standard InChI is InChI=1S/C13H25N3O2/c1-4-14-12(17)11-6-5-7-16(9-11)13(18)15-8-10(2)3/h10-11H,4-9H2,1-3H3,(H,14,17)(H,15,18). The molecule has 2 N–H and O–H groups in total. The Bertz CT molecular complexity index is 292. The van der Waals surface area contributed by atoms with Crippen molar-refractivity contribution in [2.24, 2.45) is 11.8 Å². The fourth-order valence-electron chi connectivity index (χ4n) is 2.10. The zero-order valence-electron chi connectivity index (χ0n) is 11.7. The molecule has 0 aromatic carbocycles. The van der Waals surface area contributed by atoms with E-state index in [1.807, 2.05) is 6.92 Å². The van der Waals surface area contributed by atoms with E-state index in [1.54, 1.807) is 4.90 Å². The average molecular weight is 255 g/mol. The van der Waals surface area contributed by atoms with Crippen molar-refractivity contribution in [1.29, 1.82) is 0 Å². The lowest BCUT2D eigenvalue weighted by Gasteiger charge is -2.32. The molecule has 0 bridgehead atoms. The van der Waals surface area contributed by atoms with Gasteiger partial charge in [0.2, 0.25) is 5.91 Å². The van der Waals surface area contributed by atoms with Gasteiger partial charge < -0.3 is 15.5 Å². The molecule has 0 aromatic rings. The molecule has 1 fully saturated rings. The van der Waals surface area contributed by atoms with Gasteiger partial charge in [0, 0.05) is 26.2 Å². The van der Waals surface area contributed by atoms with Gasteiger partial charge in [-0.1, -0.05) is 13.8 Å². The molecule has 1 atom stereocenters. The van der Waals surface area contributed by atoms with E-state index in [-0.39, 0.29) is 17.9 Å². The fraction of sp³-hybridized carbons (Fsp3) is 0.846. The van der Waals surface area contributed by atoms with Crippen molar-refractivity contribution in [1.82, 2.24) is 15.5 Å². The Morgan fingerprint density at radius 3 is 2.67 bits per heavy atom. The molecule has 3 amide bonds. The molecule has 0 spiro atoms. The van der Waals surface area contributed by atoms with Gasteiger partial charge in [-0.2, -0.15) is 0 Å². The zero-order valence-corrected chi connectivity index (χ0v) is 11.7. The highest BCUT2D eigenvalue weighted by Gasteiger charge is 2.27. The molecule has 1 heterocycles. The lowest BCUT2D eigenvalue weighted by Crippen LogP contribution is -2.49. The Hall–Kier alpha value is -1.26. The van der Waals surface area contributed by atoms with Crippen LogP contribution in [0.5, 0.6) is 0 Å². The van der Waals surface area contributed by atoms with Crippen molar-refractivity contribution in [2.45, 2.75) is 33.6 Å². The van der Waals surface area contributed by atoms with Crippen molar-refractivity contribution in [3.8, 4) is 0 Å². The highest BCUT2D eigenvalue weighted by Crippen LogP contribution is 2.16. The second kappa shape index (κ2) is 7.24. The number of likely N-dealkylation sites (tertiary alicyclic amines) is 1. The number of carbonyl (C=O) groups excluding carboxylic acids is 2. The number of carbonyl (C=O) groups is 2. The number of nitrogens with one attached hydrogen (secondary N) is 2. The van der Waals surface area contributed by atoms with E-state index in [1.165, 1.54) is 0 Å². The van der Waals surface area contributed by atoms with E-state index < -0.39 is 0 Å². The number of rotatable bonds is 4. The first kappa shape index (κ1) is 14.8. The van der Waals surface area contributed by atoms with Gasteiger partial charge in [0.1, 0.15) is 0 Å². The first-order valence-corrected chi connectivity index (χ1v) is 6.85. The van der Waals surface area contributed by atoms with Crippen LogP contribution in [-0.4, -0.2) is 43.0 Å². The van der Waals surface area contributed by atoms with E-state index in [9.17, 15) is 9.59 Å². The smallest absolute Gasteiger partial charge is 0.317 e. The van der Waals surface area contributed by atoms with Crippen LogP contribution in [0.3, 0.4) is 0 Å². The molecule has 0 radical (unpaired) electrons. The predicted octanol–water partition coefficient (Wildman–Crippen LogP) is 1.20. The van der Waals surface area contributed by atoms with Gasteiger partial charge in [0.15, 0.2) is 0 Å². The van der Waals surface area contributed by atoms with Crippen LogP contribution in [0.15, 0.2) is 0 Å². The van der Waals surface area contributed by atoms with Crippen molar-refractivity contribution in [2.75, 3.05) is 26.2 Å². The lowest BCUT2D eigenvalue weighted by molar-refractivity contribution is -0.126. The van der Waals surface area contributed by atoms with Gasteiger partial charge >= 0.3 is 6.03 Å². The second-order valence-corrected chi connectivity index (χ2v) is 5.26. The minimum Gasteiger partial charge on any atom is -0.356 e. The SMILES string of the molecule is CCNC(=O)C1CCCN(C(=O)NCC(C)C)C1. The van der Waals surface area contributed by atoms with E-state index in [0.29, 0.717) is 25.6 Å². The molecule has 0 aromatic heterocycles. The molecule has 1 saturated heterocycles. The fourth-order valence-corrected chi connectivity index (χ4v) is 2.10. The number of urea groups is 1. The molecule has 1 rings (SSSR count). The van der Waals surface area contributed by atoms with Crippen molar-refractivity contribution in [3.05, 3.63) is 0 Å². The van der Waals surface area contributed by atoms with Gasteiger partial charge in [0.05, 0.1) is 5.92 Å². The summed E-state index contributed by atoms with van der Waals surface area (Å²) in [6.45, 7) is 8.65. The summed E-state index contributed by atoms with van der Waals surface area (Å²) in [5, 5.41) is 5.73. The topological polar surface area (TPSA) is 61.4 Å². The highest BCUT2D eigenvalue weighted by molar-refractivity contribution is 5.80.